The lowest BCUT2D eigenvalue weighted by atomic mass is 10.3. The monoisotopic (exact) mass is 207 g/mol. The van der Waals surface area contributed by atoms with Gasteiger partial charge < -0.3 is 5.32 Å². The second-order valence-electron chi connectivity index (χ2n) is 3.22. The van der Waals surface area contributed by atoms with Crippen LogP contribution in [0.1, 0.15) is 5.56 Å². The molecule has 0 spiro atoms. The molecular formula is C10H13N3S. The summed E-state index contributed by atoms with van der Waals surface area (Å²) in [5, 5.41) is 9.66. The largest absolute Gasteiger partial charge is 0.316 e. The van der Waals surface area contributed by atoms with E-state index in [1.165, 1.54) is 10.4 Å². The van der Waals surface area contributed by atoms with Gasteiger partial charge in [-0.25, -0.2) is 0 Å². The van der Waals surface area contributed by atoms with Gasteiger partial charge >= 0.3 is 0 Å². The molecule has 0 saturated carbocycles. The minimum Gasteiger partial charge on any atom is -0.316 e. The van der Waals surface area contributed by atoms with Gasteiger partial charge in [0.15, 0.2) is 0 Å². The number of thiophene rings is 1. The first kappa shape index (κ1) is 9.43. The third-order valence-corrected chi connectivity index (χ3v) is 3.00. The number of aryl methyl sites for hydroxylation is 1. The molecule has 0 aliphatic rings. The zero-order valence-electron chi connectivity index (χ0n) is 8.32. The average Bonchev–Trinajstić information content (AvgIpc) is 2.74. The molecule has 0 aromatic carbocycles. The van der Waals surface area contributed by atoms with E-state index in [2.05, 4.69) is 21.9 Å². The summed E-state index contributed by atoms with van der Waals surface area (Å²) in [7, 11) is 3.89. The normalized spacial score (nSPS) is 10.7. The highest BCUT2D eigenvalue weighted by Crippen LogP contribution is 2.25. The van der Waals surface area contributed by atoms with Gasteiger partial charge in [-0.05, 0) is 30.1 Å². The van der Waals surface area contributed by atoms with E-state index in [4.69, 9.17) is 0 Å². The summed E-state index contributed by atoms with van der Waals surface area (Å²) >= 11 is 1.74. The molecule has 0 saturated heterocycles. The zero-order valence-corrected chi connectivity index (χ0v) is 9.14. The van der Waals surface area contributed by atoms with Gasteiger partial charge in [-0.15, -0.1) is 11.3 Å². The van der Waals surface area contributed by atoms with Gasteiger partial charge in [-0.1, -0.05) is 0 Å². The summed E-state index contributed by atoms with van der Waals surface area (Å²) in [5.74, 6) is 0. The van der Waals surface area contributed by atoms with Gasteiger partial charge in [0, 0.05) is 19.8 Å². The summed E-state index contributed by atoms with van der Waals surface area (Å²) in [6.07, 6.45) is 1.97. The van der Waals surface area contributed by atoms with Crippen LogP contribution in [0.4, 0.5) is 0 Å². The van der Waals surface area contributed by atoms with Crippen molar-refractivity contribution in [2.75, 3.05) is 7.05 Å². The van der Waals surface area contributed by atoms with Gasteiger partial charge in [-0.2, -0.15) is 5.10 Å². The third kappa shape index (κ3) is 1.86. The summed E-state index contributed by atoms with van der Waals surface area (Å²) < 4.78 is 1.83. The summed E-state index contributed by atoms with van der Waals surface area (Å²) in [6.45, 7) is 0.920. The number of rotatable bonds is 3. The molecule has 1 N–H and O–H groups in total. The maximum absolute atomic E-state index is 4.36. The predicted octanol–water partition coefficient (Wildman–Crippen LogP) is 1.87. The Labute approximate surface area is 87.4 Å². The van der Waals surface area contributed by atoms with Crippen molar-refractivity contribution >= 4 is 11.3 Å². The van der Waals surface area contributed by atoms with Crippen LogP contribution in [0, 0.1) is 0 Å². The van der Waals surface area contributed by atoms with Gasteiger partial charge in [0.25, 0.3) is 0 Å². The lowest BCUT2D eigenvalue weighted by Crippen LogP contribution is -2.03. The molecule has 2 aromatic heterocycles. The number of hydrogen-bond acceptors (Lipinski definition) is 3. The van der Waals surface area contributed by atoms with Crippen LogP contribution in [0.25, 0.3) is 10.6 Å². The van der Waals surface area contributed by atoms with Gasteiger partial charge in [0.2, 0.25) is 0 Å². The Bertz CT molecular complexity index is 416. The zero-order chi connectivity index (χ0) is 9.97. The van der Waals surface area contributed by atoms with E-state index < -0.39 is 0 Å². The Kier molecular flexibility index (Phi) is 2.65. The van der Waals surface area contributed by atoms with Crippen LogP contribution in [-0.2, 0) is 13.6 Å². The minimum atomic E-state index is 0.920. The van der Waals surface area contributed by atoms with Crippen molar-refractivity contribution in [2.24, 2.45) is 7.05 Å². The molecule has 0 unspecified atom stereocenters. The van der Waals surface area contributed by atoms with Crippen LogP contribution in [0.5, 0.6) is 0 Å². The van der Waals surface area contributed by atoms with E-state index in [-0.39, 0.29) is 0 Å². The van der Waals surface area contributed by atoms with E-state index in [1.54, 1.807) is 11.3 Å². The fourth-order valence-corrected chi connectivity index (χ4v) is 2.23. The number of nitrogens with one attached hydrogen (secondary N) is 1. The lowest BCUT2D eigenvalue weighted by molar-refractivity contribution is 0.771. The molecule has 4 heteroatoms. The molecule has 0 radical (unpaired) electrons. The van der Waals surface area contributed by atoms with Crippen molar-refractivity contribution in [1.82, 2.24) is 15.1 Å². The first-order valence-electron chi connectivity index (χ1n) is 4.51. The van der Waals surface area contributed by atoms with Crippen LogP contribution in [0.2, 0.25) is 0 Å². The SMILES string of the molecule is CNCc1csc(-c2ccn(C)n2)c1. The molecule has 2 rings (SSSR count). The maximum atomic E-state index is 4.36. The Morgan fingerprint density at radius 3 is 3.07 bits per heavy atom. The molecular weight excluding hydrogens is 194 g/mol. The standard InChI is InChI=1S/C10H13N3S/c1-11-6-8-5-10(14-7-8)9-3-4-13(2)12-9/h3-5,7,11H,6H2,1-2H3. The van der Waals surface area contributed by atoms with Crippen LogP contribution >= 0.6 is 11.3 Å². The maximum Gasteiger partial charge on any atom is 0.102 e. The van der Waals surface area contributed by atoms with Gasteiger partial charge in [0.1, 0.15) is 5.69 Å². The number of nitrogens with zero attached hydrogens (tertiary/aromatic N) is 2. The predicted molar refractivity (Wildman–Crippen MR) is 59.3 cm³/mol. The molecule has 14 heavy (non-hydrogen) atoms. The highest BCUT2D eigenvalue weighted by atomic mass is 32.1. The van der Waals surface area contributed by atoms with Crippen LogP contribution in [-0.4, -0.2) is 16.8 Å². The van der Waals surface area contributed by atoms with Crippen LogP contribution in [0.3, 0.4) is 0 Å². The first-order chi connectivity index (χ1) is 6.79. The number of hydrogen-bond donors (Lipinski definition) is 1. The van der Waals surface area contributed by atoms with Gasteiger partial charge in [0.05, 0.1) is 4.88 Å². The smallest absolute Gasteiger partial charge is 0.102 e. The summed E-state index contributed by atoms with van der Waals surface area (Å²) in [5.41, 5.74) is 2.37. The summed E-state index contributed by atoms with van der Waals surface area (Å²) in [4.78, 5) is 1.23. The Morgan fingerprint density at radius 2 is 2.43 bits per heavy atom. The van der Waals surface area contributed by atoms with E-state index >= 15 is 0 Å². The second kappa shape index (κ2) is 3.94. The molecule has 2 aromatic rings. The van der Waals surface area contributed by atoms with Crippen molar-refractivity contribution < 1.29 is 0 Å². The first-order valence-corrected chi connectivity index (χ1v) is 5.39. The highest BCUT2D eigenvalue weighted by Gasteiger charge is 2.04. The lowest BCUT2D eigenvalue weighted by Gasteiger charge is -1.91. The topological polar surface area (TPSA) is 29.9 Å². The van der Waals surface area contributed by atoms with Crippen molar-refractivity contribution in [2.45, 2.75) is 6.54 Å². The average molecular weight is 207 g/mol. The minimum absolute atomic E-state index is 0.920. The molecule has 74 valence electrons. The van der Waals surface area contributed by atoms with E-state index in [0.29, 0.717) is 0 Å². The van der Waals surface area contributed by atoms with Crippen LogP contribution < -0.4 is 5.32 Å². The third-order valence-electron chi connectivity index (χ3n) is 2.00. The Balaban J connectivity index is 2.24. The van der Waals surface area contributed by atoms with E-state index in [0.717, 1.165) is 12.2 Å². The molecule has 0 bridgehead atoms. The van der Waals surface area contributed by atoms with Crippen molar-refractivity contribution in [3.8, 4) is 10.6 Å². The fourth-order valence-electron chi connectivity index (χ4n) is 1.35. The van der Waals surface area contributed by atoms with E-state index in [9.17, 15) is 0 Å². The van der Waals surface area contributed by atoms with Crippen molar-refractivity contribution in [1.29, 1.82) is 0 Å². The van der Waals surface area contributed by atoms with Crippen molar-refractivity contribution in [3.05, 3.63) is 29.3 Å². The summed E-state index contributed by atoms with van der Waals surface area (Å²) in [6, 6.07) is 4.22. The second-order valence-corrected chi connectivity index (χ2v) is 4.14. The molecule has 2 heterocycles. The van der Waals surface area contributed by atoms with Crippen LogP contribution in [0.15, 0.2) is 23.7 Å². The molecule has 3 nitrogen and oxygen atoms in total. The molecule has 0 amide bonds. The van der Waals surface area contributed by atoms with Crippen molar-refractivity contribution in [3.63, 3.8) is 0 Å². The molecule has 0 aliphatic carbocycles. The molecule has 0 aliphatic heterocycles. The van der Waals surface area contributed by atoms with E-state index in [1.807, 2.05) is 31.0 Å². The Morgan fingerprint density at radius 1 is 1.57 bits per heavy atom. The quantitative estimate of drug-likeness (QED) is 0.832. The number of aromatic nitrogens is 2. The highest BCUT2D eigenvalue weighted by molar-refractivity contribution is 7.13. The molecule has 0 fully saturated rings. The fraction of sp³-hybridized carbons (Fsp3) is 0.300. The van der Waals surface area contributed by atoms with Gasteiger partial charge in [-0.3, -0.25) is 4.68 Å². The Hall–Kier alpha value is -1.13. The molecule has 0 atom stereocenters.